The molecule has 1 saturated heterocycles. The van der Waals surface area contributed by atoms with E-state index in [2.05, 4.69) is 19.2 Å². The fraction of sp³-hybridized carbons (Fsp3) is 0.917. The SMILES string of the molecule is CC(C)(CCCO)CNC(=O)C1CCCS1. The van der Waals surface area contributed by atoms with Crippen molar-refractivity contribution in [1.29, 1.82) is 0 Å². The predicted molar refractivity (Wildman–Crippen MR) is 68.6 cm³/mol. The second-order valence-electron chi connectivity index (χ2n) is 5.21. The van der Waals surface area contributed by atoms with Crippen molar-refractivity contribution in [3.8, 4) is 0 Å². The van der Waals surface area contributed by atoms with Gasteiger partial charge in [-0.2, -0.15) is 0 Å². The van der Waals surface area contributed by atoms with E-state index >= 15 is 0 Å². The number of amides is 1. The molecule has 0 saturated carbocycles. The Bertz CT molecular complexity index is 225. The third-order valence-corrected chi connectivity index (χ3v) is 4.35. The number of carbonyl (C=O) groups is 1. The molecule has 1 amide bonds. The largest absolute Gasteiger partial charge is 0.396 e. The summed E-state index contributed by atoms with van der Waals surface area (Å²) in [4.78, 5) is 11.8. The number of aliphatic hydroxyl groups is 1. The molecule has 0 spiro atoms. The average Bonchev–Trinajstić information content (AvgIpc) is 2.77. The zero-order chi connectivity index (χ0) is 12.0. The van der Waals surface area contributed by atoms with Gasteiger partial charge in [0.2, 0.25) is 5.91 Å². The Labute approximate surface area is 102 Å². The summed E-state index contributed by atoms with van der Waals surface area (Å²) in [6, 6.07) is 0. The van der Waals surface area contributed by atoms with Crippen LogP contribution in [0, 0.1) is 5.41 Å². The Morgan fingerprint density at radius 1 is 1.56 bits per heavy atom. The van der Waals surface area contributed by atoms with Crippen LogP contribution in [0.4, 0.5) is 0 Å². The van der Waals surface area contributed by atoms with Crippen LogP contribution in [-0.4, -0.2) is 35.2 Å². The van der Waals surface area contributed by atoms with Crippen molar-refractivity contribution in [2.45, 2.75) is 44.8 Å². The van der Waals surface area contributed by atoms with E-state index in [-0.39, 0.29) is 23.2 Å². The van der Waals surface area contributed by atoms with Crippen LogP contribution in [0.3, 0.4) is 0 Å². The molecule has 1 unspecified atom stereocenters. The molecule has 0 aliphatic carbocycles. The van der Waals surface area contributed by atoms with Crippen LogP contribution in [0.5, 0.6) is 0 Å². The molecule has 3 nitrogen and oxygen atoms in total. The summed E-state index contributed by atoms with van der Waals surface area (Å²) in [5.74, 6) is 1.31. The van der Waals surface area contributed by atoms with E-state index in [0.717, 1.165) is 31.4 Å². The van der Waals surface area contributed by atoms with Gasteiger partial charge in [-0.05, 0) is 36.9 Å². The third kappa shape index (κ3) is 4.74. The Balaban J connectivity index is 2.24. The van der Waals surface area contributed by atoms with Crippen molar-refractivity contribution < 1.29 is 9.90 Å². The van der Waals surface area contributed by atoms with E-state index < -0.39 is 0 Å². The van der Waals surface area contributed by atoms with E-state index in [1.165, 1.54) is 0 Å². The molecule has 4 heteroatoms. The zero-order valence-electron chi connectivity index (χ0n) is 10.3. The zero-order valence-corrected chi connectivity index (χ0v) is 11.1. The molecule has 1 rings (SSSR count). The van der Waals surface area contributed by atoms with Crippen LogP contribution in [0.25, 0.3) is 0 Å². The molecular formula is C12H23NO2S. The summed E-state index contributed by atoms with van der Waals surface area (Å²) in [5.41, 5.74) is 0.0850. The Hall–Kier alpha value is -0.220. The van der Waals surface area contributed by atoms with Gasteiger partial charge in [0.25, 0.3) is 0 Å². The van der Waals surface area contributed by atoms with E-state index in [1.54, 1.807) is 11.8 Å². The van der Waals surface area contributed by atoms with Crippen LogP contribution in [0.1, 0.15) is 39.5 Å². The van der Waals surface area contributed by atoms with Crippen molar-refractivity contribution in [2.75, 3.05) is 18.9 Å². The lowest BCUT2D eigenvalue weighted by Crippen LogP contribution is -2.38. The first-order chi connectivity index (χ1) is 7.55. The maximum Gasteiger partial charge on any atom is 0.233 e. The molecule has 0 radical (unpaired) electrons. The predicted octanol–water partition coefficient (Wildman–Crippen LogP) is 1.80. The molecule has 1 atom stereocenters. The molecular weight excluding hydrogens is 222 g/mol. The maximum atomic E-state index is 11.8. The first kappa shape index (κ1) is 13.8. The molecule has 16 heavy (non-hydrogen) atoms. The van der Waals surface area contributed by atoms with Gasteiger partial charge in [0.05, 0.1) is 5.25 Å². The van der Waals surface area contributed by atoms with Gasteiger partial charge >= 0.3 is 0 Å². The third-order valence-electron chi connectivity index (χ3n) is 2.97. The number of nitrogens with one attached hydrogen (secondary N) is 1. The lowest BCUT2D eigenvalue weighted by Gasteiger charge is -2.25. The van der Waals surface area contributed by atoms with Gasteiger partial charge in [0.1, 0.15) is 0 Å². The topological polar surface area (TPSA) is 49.3 Å². The highest BCUT2D eigenvalue weighted by Crippen LogP contribution is 2.27. The van der Waals surface area contributed by atoms with Crippen LogP contribution < -0.4 is 5.32 Å². The van der Waals surface area contributed by atoms with Gasteiger partial charge in [-0.25, -0.2) is 0 Å². The normalized spacial score (nSPS) is 21.1. The van der Waals surface area contributed by atoms with Gasteiger partial charge in [-0.15, -0.1) is 11.8 Å². The fourth-order valence-electron chi connectivity index (χ4n) is 1.87. The quantitative estimate of drug-likeness (QED) is 0.750. The van der Waals surface area contributed by atoms with E-state index in [1.807, 2.05) is 0 Å². The van der Waals surface area contributed by atoms with Crippen LogP contribution in [0.15, 0.2) is 0 Å². The lowest BCUT2D eigenvalue weighted by molar-refractivity contribution is -0.121. The van der Waals surface area contributed by atoms with Gasteiger partial charge < -0.3 is 10.4 Å². The van der Waals surface area contributed by atoms with Crippen LogP contribution in [0.2, 0.25) is 0 Å². The average molecular weight is 245 g/mol. The summed E-state index contributed by atoms with van der Waals surface area (Å²) in [6.07, 6.45) is 3.94. The molecule has 0 aromatic heterocycles. The summed E-state index contributed by atoms with van der Waals surface area (Å²) >= 11 is 1.77. The lowest BCUT2D eigenvalue weighted by atomic mass is 9.88. The van der Waals surface area contributed by atoms with Crippen molar-refractivity contribution in [3.63, 3.8) is 0 Å². The minimum absolute atomic E-state index is 0.0850. The van der Waals surface area contributed by atoms with Crippen LogP contribution in [-0.2, 0) is 4.79 Å². The van der Waals surface area contributed by atoms with Crippen LogP contribution >= 0.6 is 11.8 Å². The summed E-state index contributed by atoms with van der Waals surface area (Å²) < 4.78 is 0. The number of hydrogen-bond donors (Lipinski definition) is 2. The van der Waals surface area contributed by atoms with Gasteiger partial charge in [0, 0.05) is 13.2 Å². The fourth-order valence-corrected chi connectivity index (χ4v) is 3.06. The first-order valence-electron chi connectivity index (χ1n) is 6.05. The Morgan fingerprint density at radius 3 is 2.88 bits per heavy atom. The summed E-state index contributed by atoms with van der Waals surface area (Å²) in [6.45, 7) is 5.20. The summed E-state index contributed by atoms with van der Waals surface area (Å²) in [5, 5.41) is 12.0. The molecule has 1 aliphatic rings. The highest BCUT2D eigenvalue weighted by Gasteiger charge is 2.25. The molecule has 0 bridgehead atoms. The second-order valence-corrected chi connectivity index (χ2v) is 6.52. The van der Waals surface area contributed by atoms with E-state index in [4.69, 9.17) is 5.11 Å². The van der Waals surface area contributed by atoms with Crippen molar-refractivity contribution >= 4 is 17.7 Å². The smallest absolute Gasteiger partial charge is 0.233 e. The standard InChI is InChI=1S/C12H23NO2S/c1-12(2,6-4-7-14)9-13-11(15)10-5-3-8-16-10/h10,14H,3-9H2,1-2H3,(H,13,15). The van der Waals surface area contributed by atoms with Crippen molar-refractivity contribution in [1.82, 2.24) is 5.32 Å². The minimum Gasteiger partial charge on any atom is -0.396 e. The number of aliphatic hydroxyl groups excluding tert-OH is 1. The number of carbonyl (C=O) groups excluding carboxylic acids is 1. The number of rotatable bonds is 6. The highest BCUT2D eigenvalue weighted by molar-refractivity contribution is 8.00. The molecule has 2 N–H and O–H groups in total. The van der Waals surface area contributed by atoms with Gasteiger partial charge in [0.15, 0.2) is 0 Å². The maximum absolute atomic E-state index is 11.8. The molecule has 1 heterocycles. The second kappa shape index (κ2) is 6.50. The van der Waals surface area contributed by atoms with Gasteiger partial charge in [-0.1, -0.05) is 13.8 Å². The molecule has 0 aromatic carbocycles. The van der Waals surface area contributed by atoms with E-state index in [9.17, 15) is 4.79 Å². The van der Waals surface area contributed by atoms with Gasteiger partial charge in [-0.3, -0.25) is 4.79 Å². The molecule has 1 fully saturated rings. The van der Waals surface area contributed by atoms with Crippen molar-refractivity contribution in [2.24, 2.45) is 5.41 Å². The monoisotopic (exact) mass is 245 g/mol. The molecule has 1 aliphatic heterocycles. The summed E-state index contributed by atoms with van der Waals surface area (Å²) in [7, 11) is 0. The highest BCUT2D eigenvalue weighted by atomic mass is 32.2. The van der Waals surface area contributed by atoms with Crippen molar-refractivity contribution in [3.05, 3.63) is 0 Å². The first-order valence-corrected chi connectivity index (χ1v) is 7.10. The Kier molecular flexibility index (Phi) is 5.62. The molecule has 94 valence electrons. The minimum atomic E-state index is 0.0850. The molecule has 0 aromatic rings. The number of thioether (sulfide) groups is 1. The Morgan fingerprint density at radius 2 is 2.31 bits per heavy atom. The number of hydrogen-bond acceptors (Lipinski definition) is 3. The van der Waals surface area contributed by atoms with E-state index in [0.29, 0.717) is 6.54 Å².